The largest absolute Gasteiger partial charge is 0.807 e. The number of hydrogen-bond donors (Lipinski definition) is 4. The molecule has 7 nitrogen and oxygen atoms in total. The van der Waals surface area contributed by atoms with Crippen LogP contribution < -0.4 is 37.2 Å². The SMILES string of the molecule is CCCCCCCCCCCCNC([NH3+])=S.CCCCCCCCCCCCNC([NH3+])=S.O=P([O-])([O-])c1ccccc1. The molecular weight excluding hydrogens is 583 g/mol. The molecule has 42 heavy (non-hydrogen) atoms. The van der Waals surface area contributed by atoms with Crippen molar-refractivity contribution in [2.24, 2.45) is 0 Å². The first-order valence-corrected chi connectivity index (χ1v) is 18.8. The lowest BCUT2D eigenvalue weighted by Crippen LogP contribution is -2.62. The Balaban J connectivity index is 0. The highest BCUT2D eigenvalue weighted by molar-refractivity contribution is 7.80. The second-order valence-corrected chi connectivity index (χ2v) is 13.4. The molecule has 0 aliphatic rings. The molecule has 0 aliphatic heterocycles. The van der Waals surface area contributed by atoms with Gasteiger partial charge in [0, 0.05) is 37.5 Å². The zero-order valence-corrected chi connectivity index (χ0v) is 29.4. The first-order valence-electron chi connectivity index (χ1n) is 16.4. The van der Waals surface area contributed by atoms with Crippen molar-refractivity contribution in [1.29, 1.82) is 0 Å². The van der Waals surface area contributed by atoms with Gasteiger partial charge in [-0.05, 0) is 25.7 Å². The van der Waals surface area contributed by atoms with Crippen molar-refractivity contribution in [1.82, 2.24) is 10.6 Å². The van der Waals surface area contributed by atoms with Gasteiger partial charge in [0.25, 0.3) is 10.2 Å². The number of hydrogen-bond acceptors (Lipinski definition) is 5. The standard InChI is InChI=1S/2C13H28N2S.C6H7O3P/c2*1-2-3-4-5-6-7-8-9-10-11-12-15-13(14)16;7-10(8,9)6-4-2-1-3-5-6/h2*2-12H2,1H3,(H3,14,15,16);1-5H,(H2,7,8,9). The van der Waals surface area contributed by atoms with Crippen molar-refractivity contribution >= 4 is 47.6 Å². The minimum absolute atomic E-state index is 0.157. The lowest BCUT2D eigenvalue weighted by Gasteiger charge is -2.29. The van der Waals surface area contributed by atoms with E-state index < -0.39 is 7.60 Å². The third-order valence-electron chi connectivity index (χ3n) is 6.78. The van der Waals surface area contributed by atoms with Crippen LogP contribution in [0, 0.1) is 0 Å². The summed E-state index contributed by atoms with van der Waals surface area (Å²) in [7, 11) is -4.52. The van der Waals surface area contributed by atoms with Crippen LogP contribution in [0.15, 0.2) is 30.3 Å². The molecule has 0 bridgehead atoms. The molecule has 0 radical (unpaired) electrons. The fourth-order valence-electron chi connectivity index (χ4n) is 4.29. The van der Waals surface area contributed by atoms with Gasteiger partial charge in [-0.15, -0.1) is 0 Å². The lowest BCUT2D eigenvalue weighted by atomic mass is 10.1. The second kappa shape index (κ2) is 33.0. The van der Waals surface area contributed by atoms with Gasteiger partial charge in [-0.1, -0.05) is 160 Å². The van der Waals surface area contributed by atoms with E-state index in [1.807, 2.05) is 0 Å². The molecule has 0 fully saturated rings. The summed E-state index contributed by atoms with van der Waals surface area (Å²) in [6, 6.07) is 7.23. The maximum absolute atomic E-state index is 10.3. The van der Waals surface area contributed by atoms with Gasteiger partial charge in [0.15, 0.2) is 0 Å². The molecule has 1 aromatic rings. The smallest absolute Gasteiger partial charge is 0.264 e. The number of thiocarbonyl (C=S) groups is 2. The van der Waals surface area contributed by atoms with E-state index in [-0.39, 0.29) is 5.30 Å². The number of nitrogens with one attached hydrogen (secondary N) is 2. The van der Waals surface area contributed by atoms with Crippen LogP contribution in [0.4, 0.5) is 0 Å². The highest BCUT2D eigenvalue weighted by atomic mass is 32.1. The molecule has 0 heterocycles. The van der Waals surface area contributed by atoms with Crippen molar-refractivity contribution in [3.05, 3.63) is 30.3 Å². The Kier molecular flexibility index (Phi) is 33.9. The van der Waals surface area contributed by atoms with Crippen molar-refractivity contribution in [2.45, 2.75) is 142 Å². The van der Waals surface area contributed by atoms with Gasteiger partial charge in [0.1, 0.15) is 0 Å². The Morgan fingerprint density at radius 2 is 0.881 bits per heavy atom. The summed E-state index contributed by atoms with van der Waals surface area (Å²) in [5.41, 5.74) is 7.28. The summed E-state index contributed by atoms with van der Waals surface area (Å²) in [4.78, 5) is 20.6. The van der Waals surface area contributed by atoms with Crippen LogP contribution in [0.2, 0.25) is 0 Å². The maximum atomic E-state index is 10.3. The Morgan fingerprint density at radius 3 is 1.12 bits per heavy atom. The Bertz CT molecular complexity index is 746. The quantitative estimate of drug-likeness (QED) is 0.0721. The average Bonchev–Trinajstić information content (AvgIpc) is 2.95. The summed E-state index contributed by atoms with van der Waals surface area (Å²) in [6.45, 7) is 6.54. The van der Waals surface area contributed by atoms with Crippen LogP contribution in [-0.2, 0) is 4.57 Å². The molecule has 0 amide bonds. The summed E-state index contributed by atoms with van der Waals surface area (Å²) in [5.74, 6) is 0. The van der Waals surface area contributed by atoms with Crippen molar-refractivity contribution in [3.8, 4) is 0 Å². The number of benzene rings is 1. The van der Waals surface area contributed by atoms with Gasteiger partial charge < -0.3 is 36.5 Å². The monoisotopic (exact) mass is 646 g/mol. The summed E-state index contributed by atoms with van der Waals surface area (Å²) in [6.07, 6.45) is 27.6. The van der Waals surface area contributed by atoms with E-state index in [2.05, 4.69) is 35.9 Å². The number of quaternary nitrogens is 2. The normalized spacial score (nSPS) is 10.6. The fraction of sp³-hybridized carbons (Fsp3) is 0.750. The van der Waals surface area contributed by atoms with Crippen molar-refractivity contribution in [2.75, 3.05) is 13.1 Å². The molecule has 0 unspecified atom stereocenters. The van der Waals surface area contributed by atoms with Gasteiger partial charge in [0.05, 0.1) is 0 Å². The predicted molar refractivity (Wildman–Crippen MR) is 184 cm³/mol. The average molecular weight is 647 g/mol. The van der Waals surface area contributed by atoms with Gasteiger partial charge in [-0.25, -0.2) is 0 Å². The zero-order valence-electron chi connectivity index (χ0n) is 26.8. The Morgan fingerprint density at radius 1 is 0.595 bits per heavy atom. The van der Waals surface area contributed by atoms with E-state index in [1.165, 1.54) is 153 Å². The van der Waals surface area contributed by atoms with Crippen LogP contribution in [0.25, 0.3) is 0 Å². The second-order valence-electron chi connectivity index (χ2n) is 10.9. The molecule has 1 aromatic carbocycles. The van der Waals surface area contributed by atoms with Crippen LogP contribution in [-0.4, -0.2) is 23.3 Å². The zero-order chi connectivity index (χ0) is 31.7. The molecule has 0 atom stereocenters. The molecule has 0 aliphatic carbocycles. The Hall–Kier alpha value is -0.930. The van der Waals surface area contributed by atoms with Crippen molar-refractivity contribution in [3.63, 3.8) is 0 Å². The van der Waals surface area contributed by atoms with E-state index >= 15 is 0 Å². The minimum atomic E-state index is -4.52. The van der Waals surface area contributed by atoms with Crippen LogP contribution in [0.5, 0.6) is 0 Å². The van der Waals surface area contributed by atoms with E-state index in [1.54, 1.807) is 6.07 Å². The third-order valence-corrected chi connectivity index (χ3v) is 8.00. The van der Waals surface area contributed by atoms with Crippen LogP contribution >= 0.6 is 32.0 Å². The van der Waals surface area contributed by atoms with Gasteiger partial charge >= 0.3 is 0 Å². The fourth-order valence-corrected chi connectivity index (χ4v) is 5.03. The first kappa shape index (κ1) is 43.2. The van der Waals surface area contributed by atoms with Crippen LogP contribution in [0.1, 0.15) is 142 Å². The molecular formula is C32H63N4O3PS2. The Labute approximate surface area is 268 Å². The lowest BCUT2D eigenvalue weighted by molar-refractivity contribution is -0.308. The molecule has 1 rings (SSSR count). The number of rotatable bonds is 23. The van der Waals surface area contributed by atoms with E-state index in [0.29, 0.717) is 10.2 Å². The van der Waals surface area contributed by atoms with Gasteiger partial charge in [-0.2, -0.15) is 0 Å². The minimum Gasteiger partial charge on any atom is -0.807 e. The highest BCUT2D eigenvalue weighted by Gasteiger charge is 1.95. The van der Waals surface area contributed by atoms with Crippen molar-refractivity contribution < 1.29 is 25.8 Å². The van der Waals surface area contributed by atoms with Gasteiger partial charge in [0.2, 0.25) is 0 Å². The summed E-state index contributed by atoms with van der Waals surface area (Å²) < 4.78 is 10.3. The number of unbranched alkanes of at least 4 members (excludes halogenated alkanes) is 18. The van der Waals surface area contributed by atoms with Crippen LogP contribution in [0.3, 0.4) is 0 Å². The molecule has 0 saturated carbocycles. The highest BCUT2D eigenvalue weighted by Crippen LogP contribution is 2.20. The maximum Gasteiger partial charge on any atom is 0.264 e. The van der Waals surface area contributed by atoms with E-state index in [0.717, 1.165) is 13.1 Å². The van der Waals surface area contributed by atoms with E-state index in [9.17, 15) is 14.4 Å². The topological polar surface area (TPSA) is 143 Å². The molecule has 0 saturated heterocycles. The molecule has 0 spiro atoms. The molecule has 0 aromatic heterocycles. The van der Waals surface area contributed by atoms with Gasteiger partial charge in [-0.3, -0.25) is 0 Å². The molecule has 10 heteroatoms. The summed E-state index contributed by atoms with van der Waals surface area (Å²) >= 11 is 9.69. The van der Waals surface area contributed by atoms with E-state index in [4.69, 9.17) is 24.4 Å². The predicted octanol–water partition coefficient (Wildman–Crippen LogP) is 5.27. The first-order chi connectivity index (χ1) is 20.1. The molecule has 246 valence electrons. The third kappa shape index (κ3) is 37.1. The molecule has 8 N–H and O–H groups in total. The summed E-state index contributed by atoms with van der Waals surface area (Å²) in [5, 5.41) is 7.38.